The number of carbonyl (C=O) groups is 5. The Kier molecular flexibility index (Phi) is 12.1. The summed E-state index contributed by atoms with van der Waals surface area (Å²) in [5.74, 6) is -6.63. The van der Waals surface area contributed by atoms with Crippen LogP contribution in [0.2, 0.25) is 0 Å². The number of primary amides is 2. The molecule has 0 saturated heterocycles. The molecule has 0 spiro atoms. The van der Waals surface area contributed by atoms with Crippen molar-refractivity contribution in [3.05, 3.63) is 0 Å². The molecule has 176 valence electrons. The fourth-order valence-corrected chi connectivity index (χ4v) is 2.36. The number of hydrogen-bond donors (Lipinski definition) is 10. The zero-order valence-electron chi connectivity index (χ0n) is 16.5. The van der Waals surface area contributed by atoms with Crippen LogP contribution in [-0.2, 0) is 24.0 Å². The summed E-state index contributed by atoms with van der Waals surface area (Å²) in [5.41, 5.74) is 19.8. The largest absolute Gasteiger partial charge is 0.480 e. The maximum absolute atomic E-state index is 11.7. The normalized spacial score (nSPS) is 13.7. The van der Waals surface area contributed by atoms with Gasteiger partial charge in [-0.2, -0.15) is 5.12 Å². The molecule has 0 heterocycles. The van der Waals surface area contributed by atoms with E-state index < -0.39 is 67.1 Å². The third kappa shape index (κ3) is 11.9. The average molecular weight is 448 g/mol. The Morgan fingerprint density at radius 1 is 0.839 bits per heavy atom. The van der Waals surface area contributed by atoms with Gasteiger partial charge in [-0.25, -0.2) is 10.9 Å². The van der Waals surface area contributed by atoms with E-state index in [9.17, 15) is 39.3 Å². The lowest BCUT2D eigenvalue weighted by atomic mass is 10.1. The molecule has 16 nitrogen and oxygen atoms in total. The van der Waals surface area contributed by atoms with Crippen LogP contribution in [0.4, 0.5) is 0 Å². The molecule has 0 aliphatic heterocycles. The van der Waals surface area contributed by atoms with E-state index in [2.05, 4.69) is 16.2 Å². The smallest absolute Gasteiger partial charge is 0.323 e. The number of hydrogen-bond acceptors (Lipinski definition) is 9. The zero-order valence-corrected chi connectivity index (χ0v) is 16.5. The van der Waals surface area contributed by atoms with Crippen molar-refractivity contribution in [2.45, 2.75) is 50.2 Å². The van der Waals surface area contributed by atoms with E-state index in [0.29, 0.717) is 5.12 Å². The summed E-state index contributed by atoms with van der Waals surface area (Å²) in [6.45, 7) is 0.150. The summed E-state index contributed by atoms with van der Waals surface area (Å²) in [6, 6.07) is -4.71. The predicted molar refractivity (Wildman–Crippen MR) is 104 cm³/mol. The van der Waals surface area contributed by atoms with Crippen LogP contribution in [0.5, 0.6) is 0 Å². The van der Waals surface area contributed by atoms with E-state index in [1.54, 1.807) is 0 Å². The molecule has 0 bridgehead atoms. The number of nitrogens with two attached hydrogens (primary N) is 3. The Morgan fingerprint density at radius 2 is 1.39 bits per heavy atom. The van der Waals surface area contributed by atoms with Crippen LogP contribution in [0.25, 0.3) is 0 Å². The van der Waals surface area contributed by atoms with Gasteiger partial charge < -0.3 is 37.8 Å². The van der Waals surface area contributed by atoms with Crippen LogP contribution in [0.3, 0.4) is 0 Å². The fraction of sp³-hybridized carbons (Fsp3) is 0.600. The highest BCUT2D eigenvalue weighted by Crippen LogP contribution is 2.08. The number of aliphatic carboxylic acids is 3. The van der Waals surface area contributed by atoms with E-state index in [0.717, 1.165) is 0 Å². The molecule has 0 radical (unpaired) electrons. The Hall–Kier alpha value is -3.50. The number of carbonyl (C=O) groups excluding carboxylic acids is 2. The van der Waals surface area contributed by atoms with Gasteiger partial charge in [-0.1, -0.05) is 0 Å². The van der Waals surface area contributed by atoms with Gasteiger partial charge in [-0.05, 0) is 19.3 Å². The Morgan fingerprint density at radius 3 is 1.81 bits per heavy atom. The third-order valence-electron chi connectivity index (χ3n) is 3.84. The summed E-state index contributed by atoms with van der Waals surface area (Å²) < 4.78 is 0. The molecule has 0 aliphatic rings. The standard InChI is InChI=1S/C15H28N8O8/c16-10(24)4-3-9(14(30)31)23(22-8(13(28)29)6-11(17)25)21-7(12(26)27)2-1-5-20-15(18)19/h7-9,21-22H,1-6H2,(H2,16,24)(H2,17,25)(H,26,27)(H,28,29)(H,30,31)(H4,18,19,20)/t7-,8-,9-/m0/s1. The number of nitrogens with zero attached hydrogens (tertiary/aromatic N) is 1. The number of guanidine groups is 1. The van der Waals surface area contributed by atoms with Crippen molar-refractivity contribution in [2.24, 2.45) is 17.2 Å². The lowest BCUT2D eigenvalue weighted by Crippen LogP contribution is -2.64. The van der Waals surface area contributed by atoms with Crippen molar-refractivity contribution >= 4 is 35.7 Å². The lowest BCUT2D eigenvalue weighted by molar-refractivity contribution is -0.156. The van der Waals surface area contributed by atoms with Gasteiger partial charge in [0.2, 0.25) is 11.8 Å². The first kappa shape index (κ1) is 27.5. The minimum absolute atomic E-state index is 0.0799. The third-order valence-corrected chi connectivity index (χ3v) is 3.84. The summed E-state index contributed by atoms with van der Waals surface area (Å²) in [4.78, 5) is 56.9. The minimum atomic E-state index is -1.69. The topological polar surface area (TPSA) is 287 Å². The predicted octanol–water partition coefficient (Wildman–Crippen LogP) is -3.94. The van der Waals surface area contributed by atoms with Gasteiger partial charge >= 0.3 is 17.9 Å². The molecule has 0 aromatic rings. The molecule has 0 fully saturated rings. The Labute approximate surface area is 176 Å². The van der Waals surface area contributed by atoms with Crippen molar-refractivity contribution in [3.8, 4) is 0 Å². The molecule has 0 aromatic carbocycles. The highest BCUT2D eigenvalue weighted by Gasteiger charge is 2.33. The Balaban J connectivity index is 5.65. The molecule has 16 heteroatoms. The highest BCUT2D eigenvalue weighted by atomic mass is 16.4. The van der Waals surface area contributed by atoms with Gasteiger partial charge in [0.1, 0.15) is 18.1 Å². The second-order valence-electron chi connectivity index (χ2n) is 6.42. The van der Waals surface area contributed by atoms with E-state index in [1.807, 2.05) is 0 Å². The molecular weight excluding hydrogens is 420 g/mol. The molecule has 0 saturated carbocycles. The molecule has 13 N–H and O–H groups in total. The number of carboxylic acids is 3. The van der Waals surface area contributed by atoms with Crippen molar-refractivity contribution in [3.63, 3.8) is 0 Å². The van der Waals surface area contributed by atoms with Gasteiger partial charge in [0.15, 0.2) is 5.96 Å². The molecule has 3 atom stereocenters. The van der Waals surface area contributed by atoms with Crippen LogP contribution >= 0.6 is 0 Å². The average Bonchev–Trinajstić information content (AvgIpc) is 2.61. The second-order valence-corrected chi connectivity index (χ2v) is 6.42. The van der Waals surface area contributed by atoms with Crippen LogP contribution in [0, 0.1) is 5.41 Å². The number of rotatable bonds is 17. The maximum atomic E-state index is 11.7. The second kappa shape index (κ2) is 13.7. The van der Waals surface area contributed by atoms with Crippen molar-refractivity contribution in [1.29, 1.82) is 5.41 Å². The lowest BCUT2D eigenvalue weighted by Gasteiger charge is -2.34. The quantitative estimate of drug-likeness (QED) is 0.0440. The molecule has 0 aromatic heterocycles. The van der Waals surface area contributed by atoms with Gasteiger partial charge in [0, 0.05) is 13.0 Å². The number of nitrogens with one attached hydrogen (secondary N) is 4. The number of carboxylic acid groups (broad SMARTS) is 3. The Bertz CT molecular complexity index is 688. The van der Waals surface area contributed by atoms with Gasteiger partial charge in [0.25, 0.3) is 0 Å². The molecule has 0 rings (SSSR count). The van der Waals surface area contributed by atoms with E-state index in [4.69, 9.17) is 22.6 Å². The van der Waals surface area contributed by atoms with Crippen molar-refractivity contribution < 1.29 is 39.3 Å². The fourth-order valence-electron chi connectivity index (χ4n) is 2.36. The van der Waals surface area contributed by atoms with Crippen LogP contribution < -0.4 is 33.4 Å². The molecular formula is C15H28N8O8. The summed E-state index contributed by atoms with van der Waals surface area (Å²) in [7, 11) is 0. The zero-order chi connectivity index (χ0) is 24.1. The monoisotopic (exact) mass is 448 g/mol. The van der Waals surface area contributed by atoms with E-state index in [-0.39, 0.29) is 25.3 Å². The maximum Gasteiger partial charge on any atom is 0.323 e. The molecule has 2 amide bonds. The summed E-state index contributed by atoms with van der Waals surface area (Å²) >= 11 is 0. The summed E-state index contributed by atoms with van der Waals surface area (Å²) in [6.07, 6.45) is -1.41. The summed E-state index contributed by atoms with van der Waals surface area (Å²) in [5, 5.41) is 38.4. The highest BCUT2D eigenvalue weighted by molar-refractivity contribution is 5.83. The van der Waals surface area contributed by atoms with Gasteiger partial charge in [-0.3, -0.25) is 29.4 Å². The first-order valence-electron chi connectivity index (χ1n) is 8.99. The first-order valence-corrected chi connectivity index (χ1v) is 8.99. The number of hydrazine groups is 2. The van der Waals surface area contributed by atoms with E-state index >= 15 is 0 Å². The van der Waals surface area contributed by atoms with Gasteiger partial charge in [0.05, 0.1) is 6.42 Å². The van der Waals surface area contributed by atoms with Crippen LogP contribution in [-0.4, -0.2) is 80.8 Å². The van der Waals surface area contributed by atoms with Crippen molar-refractivity contribution in [1.82, 2.24) is 21.3 Å². The van der Waals surface area contributed by atoms with Crippen LogP contribution in [0.1, 0.15) is 32.1 Å². The molecule has 0 unspecified atom stereocenters. The number of amides is 2. The first-order chi connectivity index (χ1) is 14.3. The van der Waals surface area contributed by atoms with E-state index in [1.165, 1.54) is 0 Å². The van der Waals surface area contributed by atoms with Gasteiger partial charge in [-0.15, -0.1) is 0 Å². The van der Waals surface area contributed by atoms with Crippen LogP contribution in [0.15, 0.2) is 0 Å². The van der Waals surface area contributed by atoms with Crippen molar-refractivity contribution in [2.75, 3.05) is 6.54 Å². The molecule has 0 aliphatic carbocycles. The minimum Gasteiger partial charge on any atom is -0.480 e. The SMILES string of the molecule is N=C(N)NCCC[C@H](NN(N[C@@H](CC(N)=O)C(=O)O)[C@@H](CCC(N)=O)C(=O)O)C(=O)O. The molecule has 31 heavy (non-hydrogen) atoms.